The first-order chi connectivity index (χ1) is 12.8. The molecular formula is C24H34O2. The molecule has 0 aliphatic rings. The molecule has 2 heteroatoms. The smallest absolute Gasteiger partial charge is 0.120 e. The molecule has 0 unspecified atom stereocenters. The average Bonchev–Trinajstić information content (AvgIpc) is 2.67. The van der Waals surface area contributed by atoms with Gasteiger partial charge in [0, 0.05) is 0 Å². The second-order valence-electron chi connectivity index (χ2n) is 7.18. The van der Waals surface area contributed by atoms with Crippen LogP contribution in [0.4, 0.5) is 0 Å². The Morgan fingerprint density at radius 1 is 0.654 bits per heavy atom. The maximum Gasteiger partial charge on any atom is 0.120 e. The zero-order valence-corrected chi connectivity index (χ0v) is 16.3. The van der Waals surface area contributed by atoms with Crippen LogP contribution in [0.3, 0.4) is 0 Å². The summed E-state index contributed by atoms with van der Waals surface area (Å²) in [5.41, 5.74) is 2.59. The van der Waals surface area contributed by atoms with Crippen molar-refractivity contribution < 1.29 is 9.84 Å². The minimum Gasteiger partial charge on any atom is -0.508 e. The number of hydrogen-bond acceptors (Lipinski definition) is 2. The van der Waals surface area contributed by atoms with Gasteiger partial charge in [-0.1, -0.05) is 82.6 Å². The summed E-state index contributed by atoms with van der Waals surface area (Å²) in [7, 11) is 0. The van der Waals surface area contributed by atoms with E-state index in [9.17, 15) is 5.11 Å². The van der Waals surface area contributed by atoms with Crippen LogP contribution >= 0.6 is 0 Å². The minimum atomic E-state index is 0.262. The Hall–Kier alpha value is -1.96. The molecule has 2 rings (SSSR count). The molecule has 26 heavy (non-hydrogen) atoms. The predicted molar refractivity (Wildman–Crippen MR) is 110 cm³/mol. The molecule has 0 spiro atoms. The molecule has 0 fully saturated rings. The highest BCUT2D eigenvalue weighted by Gasteiger charge is 1.99. The number of benzene rings is 2. The van der Waals surface area contributed by atoms with Crippen LogP contribution in [0.5, 0.6) is 11.5 Å². The summed E-state index contributed by atoms with van der Waals surface area (Å²) in [5, 5.41) is 9.28. The van der Waals surface area contributed by atoms with Crippen molar-refractivity contribution in [3.8, 4) is 11.5 Å². The molecule has 0 amide bonds. The van der Waals surface area contributed by atoms with E-state index in [0.29, 0.717) is 6.61 Å². The molecule has 2 nitrogen and oxygen atoms in total. The summed E-state index contributed by atoms with van der Waals surface area (Å²) in [5.74, 6) is 1.04. The number of ether oxygens (including phenoxy) is 1. The molecule has 0 aliphatic heterocycles. The maximum absolute atomic E-state index is 9.28. The maximum atomic E-state index is 9.28. The lowest BCUT2D eigenvalue weighted by Gasteiger charge is -2.07. The highest BCUT2D eigenvalue weighted by atomic mass is 16.5. The normalized spacial score (nSPS) is 10.8. The quantitative estimate of drug-likeness (QED) is 0.391. The van der Waals surface area contributed by atoms with Gasteiger partial charge < -0.3 is 9.84 Å². The van der Waals surface area contributed by atoms with Crippen molar-refractivity contribution in [2.75, 3.05) is 0 Å². The lowest BCUT2D eigenvalue weighted by molar-refractivity contribution is 0.305. The molecule has 0 aromatic heterocycles. The summed E-state index contributed by atoms with van der Waals surface area (Å²) in [4.78, 5) is 0. The van der Waals surface area contributed by atoms with Crippen LogP contribution < -0.4 is 4.74 Å². The molecule has 2 aromatic carbocycles. The number of phenols is 1. The van der Waals surface area contributed by atoms with E-state index in [1.54, 1.807) is 24.3 Å². The van der Waals surface area contributed by atoms with E-state index >= 15 is 0 Å². The van der Waals surface area contributed by atoms with Crippen molar-refractivity contribution >= 4 is 0 Å². The van der Waals surface area contributed by atoms with E-state index in [1.807, 2.05) is 0 Å². The lowest BCUT2D eigenvalue weighted by Crippen LogP contribution is -1.95. The zero-order chi connectivity index (χ0) is 18.5. The first-order valence-corrected chi connectivity index (χ1v) is 10.3. The highest BCUT2D eigenvalue weighted by Crippen LogP contribution is 2.18. The van der Waals surface area contributed by atoms with Crippen molar-refractivity contribution in [2.45, 2.75) is 77.7 Å². The van der Waals surface area contributed by atoms with Gasteiger partial charge in [-0.25, -0.2) is 0 Å². The first kappa shape index (κ1) is 20.4. The fourth-order valence-electron chi connectivity index (χ4n) is 3.15. The third kappa shape index (κ3) is 8.42. The van der Waals surface area contributed by atoms with Crippen molar-refractivity contribution in [1.82, 2.24) is 0 Å². The van der Waals surface area contributed by atoms with Gasteiger partial charge in [0.1, 0.15) is 18.1 Å². The zero-order valence-electron chi connectivity index (χ0n) is 16.3. The van der Waals surface area contributed by atoms with Crippen LogP contribution in [0.1, 0.15) is 75.8 Å². The third-order valence-corrected chi connectivity index (χ3v) is 4.83. The second-order valence-corrected chi connectivity index (χ2v) is 7.18. The third-order valence-electron chi connectivity index (χ3n) is 4.83. The van der Waals surface area contributed by atoms with Gasteiger partial charge in [-0.05, 0) is 48.2 Å². The predicted octanol–water partition coefficient (Wildman–Crippen LogP) is 7.04. The lowest BCUT2D eigenvalue weighted by atomic mass is 10.0. The standard InChI is InChI=1S/C24H34O2/c1-2-3-4-5-6-7-8-9-10-11-21-12-14-22(15-13-21)20-26-24-18-16-23(25)17-19-24/h12-19,25H,2-11,20H2,1H3. The van der Waals surface area contributed by atoms with Crippen molar-refractivity contribution in [1.29, 1.82) is 0 Å². The first-order valence-electron chi connectivity index (χ1n) is 10.3. The Balaban J connectivity index is 1.56. The Morgan fingerprint density at radius 2 is 1.19 bits per heavy atom. The summed E-state index contributed by atoms with van der Waals surface area (Å²) in [6, 6.07) is 15.6. The molecule has 0 saturated carbocycles. The van der Waals surface area contributed by atoms with E-state index in [2.05, 4.69) is 31.2 Å². The molecule has 0 aliphatic carbocycles. The monoisotopic (exact) mass is 354 g/mol. The van der Waals surface area contributed by atoms with Gasteiger partial charge in [0.25, 0.3) is 0 Å². The van der Waals surface area contributed by atoms with E-state index in [4.69, 9.17) is 4.74 Å². The fraction of sp³-hybridized carbons (Fsp3) is 0.500. The van der Waals surface area contributed by atoms with Crippen LogP contribution in [0.25, 0.3) is 0 Å². The molecule has 0 saturated heterocycles. The largest absolute Gasteiger partial charge is 0.508 e. The van der Waals surface area contributed by atoms with Gasteiger partial charge in [0.05, 0.1) is 0 Å². The van der Waals surface area contributed by atoms with Crippen molar-refractivity contribution in [3.05, 3.63) is 59.7 Å². The van der Waals surface area contributed by atoms with Crippen LogP contribution in [-0.4, -0.2) is 5.11 Å². The van der Waals surface area contributed by atoms with Crippen molar-refractivity contribution in [3.63, 3.8) is 0 Å². The Bertz CT molecular complexity index is 587. The molecular weight excluding hydrogens is 320 g/mol. The Kier molecular flexibility index (Phi) is 9.71. The topological polar surface area (TPSA) is 29.5 Å². The van der Waals surface area contributed by atoms with Gasteiger partial charge in [-0.15, -0.1) is 0 Å². The SMILES string of the molecule is CCCCCCCCCCCc1ccc(COc2ccc(O)cc2)cc1. The molecule has 142 valence electrons. The van der Waals surface area contributed by atoms with Gasteiger partial charge in [-0.2, -0.15) is 0 Å². The molecule has 1 N–H and O–H groups in total. The van der Waals surface area contributed by atoms with Gasteiger partial charge in [0.15, 0.2) is 0 Å². The van der Waals surface area contributed by atoms with E-state index < -0.39 is 0 Å². The number of rotatable bonds is 13. The van der Waals surface area contributed by atoms with E-state index in [-0.39, 0.29) is 5.75 Å². The van der Waals surface area contributed by atoms with Crippen LogP contribution in [0, 0.1) is 0 Å². The molecule has 0 radical (unpaired) electrons. The van der Waals surface area contributed by atoms with Gasteiger partial charge >= 0.3 is 0 Å². The Labute approximate surface area is 159 Å². The highest BCUT2D eigenvalue weighted by molar-refractivity contribution is 5.30. The fourth-order valence-corrected chi connectivity index (χ4v) is 3.15. The number of aromatic hydroxyl groups is 1. The number of aryl methyl sites for hydroxylation is 1. The van der Waals surface area contributed by atoms with Crippen LogP contribution in [0.2, 0.25) is 0 Å². The van der Waals surface area contributed by atoms with Crippen LogP contribution in [0.15, 0.2) is 48.5 Å². The van der Waals surface area contributed by atoms with Gasteiger partial charge in [-0.3, -0.25) is 0 Å². The van der Waals surface area contributed by atoms with Gasteiger partial charge in [0.2, 0.25) is 0 Å². The number of phenolic OH excluding ortho intramolecular Hbond substituents is 1. The Morgan fingerprint density at radius 3 is 1.81 bits per heavy atom. The average molecular weight is 355 g/mol. The summed E-state index contributed by atoms with van der Waals surface area (Å²) in [6.07, 6.45) is 13.6. The van der Waals surface area contributed by atoms with Crippen LogP contribution in [-0.2, 0) is 13.0 Å². The summed E-state index contributed by atoms with van der Waals surface area (Å²) in [6.45, 7) is 2.83. The van der Waals surface area contributed by atoms with E-state index in [1.165, 1.54) is 75.3 Å². The molecule has 0 atom stereocenters. The number of unbranched alkanes of at least 4 members (excludes halogenated alkanes) is 8. The minimum absolute atomic E-state index is 0.262. The molecule has 0 heterocycles. The molecule has 2 aromatic rings. The number of hydrogen-bond donors (Lipinski definition) is 1. The molecule has 0 bridgehead atoms. The second kappa shape index (κ2) is 12.4. The summed E-state index contributed by atoms with van der Waals surface area (Å²) < 4.78 is 5.74. The van der Waals surface area contributed by atoms with E-state index in [0.717, 1.165) is 5.75 Å². The summed E-state index contributed by atoms with van der Waals surface area (Å²) >= 11 is 0. The van der Waals surface area contributed by atoms with Crippen molar-refractivity contribution in [2.24, 2.45) is 0 Å².